The molecule has 2 heteroatoms. The first-order valence-electron chi connectivity index (χ1n) is 17.8. The maximum absolute atomic E-state index is 6.76. The van der Waals surface area contributed by atoms with Gasteiger partial charge in [-0.15, -0.1) is 11.3 Å². The summed E-state index contributed by atoms with van der Waals surface area (Å²) in [6.45, 7) is 0. The summed E-state index contributed by atoms with van der Waals surface area (Å²) in [6.07, 6.45) is 0. The maximum Gasteiger partial charge on any atom is 0.143 e. The molecule has 1 nitrogen and oxygen atoms in total. The summed E-state index contributed by atoms with van der Waals surface area (Å²) < 4.78 is 9.28. The molecule has 242 valence electrons. The van der Waals surface area contributed by atoms with Crippen LogP contribution in [-0.4, -0.2) is 0 Å². The van der Waals surface area contributed by atoms with Crippen molar-refractivity contribution in [1.29, 1.82) is 0 Å². The first kappa shape index (κ1) is 29.3. The number of hydrogen-bond donors (Lipinski definition) is 0. The molecule has 0 bridgehead atoms. The van der Waals surface area contributed by atoms with Gasteiger partial charge < -0.3 is 4.42 Å². The molecule has 0 N–H and O–H groups in total. The van der Waals surface area contributed by atoms with Gasteiger partial charge in [-0.3, -0.25) is 0 Å². The van der Waals surface area contributed by atoms with Crippen LogP contribution in [0.1, 0.15) is 0 Å². The van der Waals surface area contributed by atoms with Crippen LogP contribution in [0.4, 0.5) is 0 Å². The minimum atomic E-state index is 0.911. The summed E-state index contributed by atoms with van der Waals surface area (Å²) in [5.74, 6) is 0.911. The lowest BCUT2D eigenvalue weighted by Crippen LogP contribution is -1.91. The number of thiophene rings is 1. The van der Waals surface area contributed by atoms with Gasteiger partial charge in [0.1, 0.15) is 11.3 Å². The van der Waals surface area contributed by atoms with Crippen LogP contribution >= 0.6 is 11.3 Å². The van der Waals surface area contributed by atoms with E-state index < -0.39 is 0 Å². The lowest BCUT2D eigenvalue weighted by molar-refractivity contribution is 0.633. The number of rotatable bonds is 4. The zero-order valence-electron chi connectivity index (χ0n) is 28.1. The number of fused-ring (bicyclic) bond motifs is 7. The summed E-state index contributed by atoms with van der Waals surface area (Å²) >= 11 is 1.86. The van der Waals surface area contributed by atoms with Crippen molar-refractivity contribution >= 4 is 74.8 Å². The topological polar surface area (TPSA) is 13.1 Å². The Balaban J connectivity index is 1.19. The number of benzene rings is 9. The van der Waals surface area contributed by atoms with Crippen molar-refractivity contribution in [1.82, 2.24) is 0 Å². The van der Waals surface area contributed by atoms with Crippen molar-refractivity contribution in [3.8, 4) is 44.7 Å². The summed E-state index contributed by atoms with van der Waals surface area (Å²) in [4.78, 5) is 0. The minimum Gasteiger partial charge on any atom is -0.455 e. The van der Waals surface area contributed by atoms with Crippen molar-refractivity contribution in [3.63, 3.8) is 0 Å². The zero-order valence-corrected chi connectivity index (χ0v) is 29.0. The number of furan rings is 1. The highest BCUT2D eigenvalue weighted by atomic mass is 32.1. The minimum absolute atomic E-state index is 0.911. The normalized spacial score (nSPS) is 11.8. The molecular formula is C50H30OS. The van der Waals surface area contributed by atoms with Gasteiger partial charge in [0, 0.05) is 42.2 Å². The molecule has 52 heavy (non-hydrogen) atoms. The first-order chi connectivity index (χ1) is 25.8. The second-order valence-electron chi connectivity index (χ2n) is 13.6. The van der Waals surface area contributed by atoms with Crippen molar-refractivity contribution in [2.45, 2.75) is 0 Å². The highest BCUT2D eigenvalue weighted by Crippen LogP contribution is 2.50. The third-order valence-corrected chi connectivity index (χ3v) is 11.8. The van der Waals surface area contributed by atoms with Gasteiger partial charge in [-0.1, -0.05) is 164 Å². The Morgan fingerprint density at radius 1 is 0.346 bits per heavy atom. The average Bonchev–Trinajstić information content (AvgIpc) is 3.77. The molecule has 11 rings (SSSR count). The largest absolute Gasteiger partial charge is 0.455 e. The quantitative estimate of drug-likeness (QED) is 0.169. The van der Waals surface area contributed by atoms with Crippen molar-refractivity contribution in [2.24, 2.45) is 0 Å². The van der Waals surface area contributed by atoms with Gasteiger partial charge >= 0.3 is 0 Å². The fourth-order valence-corrected chi connectivity index (χ4v) is 9.58. The van der Waals surface area contributed by atoms with Crippen LogP contribution in [0.5, 0.6) is 0 Å². The molecule has 0 saturated heterocycles. The molecule has 0 atom stereocenters. The predicted molar refractivity (Wildman–Crippen MR) is 223 cm³/mol. The van der Waals surface area contributed by atoms with Crippen molar-refractivity contribution in [2.75, 3.05) is 0 Å². The van der Waals surface area contributed by atoms with E-state index in [4.69, 9.17) is 4.42 Å². The molecule has 9 aromatic carbocycles. The molecule has 2 aromatic heterocycles. The predicted octanol–water partition coefficient (Wildman–Crippen LogP) is 14.9. The van der Waals surface area contributed by atoms with E-state index in [-0.39, 0.29) is 0 Å². The van der Waals surface area contributed by atoms with Gasteiger partial charge in [0.05, 0.1) is 0 Å². The van der Waals surface area contributed by atoms with Crippen molar-refractivity contribution in [3.05, 3.63) is 182 Å². The Bertz CT molecular complexity index is 3110. The summed E-state index contributed by atoms with van der Waals surface area (Å²) in [6, 6.07) is 66.0. The lowest BCUT2D eigenvalue weighted by atomic mass is 9.85. The van der Waals surface area contributed by atoms with Crippen LogP contribution in [0.15, 0.2) is 186 Å². The smallest absolute Gasteiger partial charge is 0.143 e. The van der Waals surface area contributed by atoms with Crippen LogP contribution in [0, 0.1) is 0 Å². The van der Waals surface area contributed by atoms with E-state index in [1.807, 2.05) is 11.3 Å². The first-order valence-corrected chi connectivity index (χ1v) is 18.6. The highest BCUT2D eigenvalue weighted by Gasteiger charge is 2.22. The fourth-order valence-electron chi connectivity index (χ4n) is 8.34. The molecule has 0 aliphatic carbocycles. The Morgan fingerprint density at radius 2 is 0.942 bits per heavy atom. The van der Waals surface area contributed by atoms with E-state index in [0.29, 0.717) is 0 Å². The van der Waals surface area contributed by atoms with Gasteiger partial charge in [-0.25, -0.2) is 0 Å². The monoisotopic (exact) mass is 678 g/mol. The molecule has 0 aliphatic rings. The fraction of sp³-hybridized carbons (Fsp3) is 0. The Morgan fingerprint density at radius 3 is 1.65 bits per heavy atom. The zero-order chi connectivity index (χ0) is 34.2. The van der Waals surface area contributed by atoms with E-state index in [1.165, 1.54) is 74.7 Å². The molecular weight excluding hydrogens is 649 g/mol. The van der Waals surface area contributed by atoms with E-state index in [2.05, 4.69) is 182 Å². The molecule has 0 amide bonds. The molecule has 0 aliphatic heterocycles. The molecule has 11 aromatic rings. The summed E-state index contributed by atoms with van der Waals surface area (Å²) in [5.41, 5.74) is 9.36. The molecule has 2 heterocycles. The summed E-state index contributed by atoms with van der Waals surface area (Å²) in [7, 11) is 0. The van der Waals surface area contributed by atoms with Gasteiger partial charge in [0.2, 0.25) is 0 Å². The van der Waals surface area contributed by atoms with Gasteiger partial charge in [-0.2, -0.15) is 0 Å². The molecule has 0 fully saturated rings. The SMILES string of the molecule is c1ccc(-c2oc3cc4sc5c(-c6c7ccccc7c(-c7ccc8ccccc8c7)c7ccccc67)cccc5c4cc3c2-c2ccccc2)cc1. The van der Waals surface area contributed by atoms with Crippen LogP contribution in [-0.2, 0) is 0 Å². The maximum atomic E-state index is 6.76. The Hall–Kier alpha value is -6.48. The van der Waals surface area contributed by atoms with E-state index >= 15 is 0 Å². The molecule has 0 unspecified atom stereocenters. The second-order valence-corrected chi connectivity index (χ2v) is 14.6. The van der Waals surface area contributed by atoms with Gasteiger partial charge in [0.15, 0.2) is 0 Å². The van der Waals surface area contributed by atoms with Crippen LogP contribution < -0.4 is 0 Å². The Kier molecular flexibility index (Phi) is 6.49. The van der Waals surface area contributed by atoms with Crippen LogP contribution in [0.2, 0.25) is 0 Å². The lowest BCUT2D eigenvalue weighted by Gasteiger charge is -2.18. The van der Waals surface area contributed by atoms with E-state index in [9.17, 15) is 0 Å². The third-order valence-electron chi connectivity index (χ3n) is 10.6. The van der Waals surface area contributed by atoms with Gasteiger partial charge in [-0.05, 0) is 72.8 Å². The summed E-state index contributed by atoms with van der Waals surface area (Å²) in [5, 5.41) is 11.2. The molecule has 0 spiro atoms. The van der Waals surface area contributed by atoms with Gasteiger partial charge in [0.25, 0.3) is 0 Å². The van der Waals surface area contributed by atoms with E-state index in [1.54, 1.807) is 0 Å². The standard InChI is InChI=1S/C50H30OS/c1-3-15-32(16-4-1)47-43-29-42-40-24-13-25-41(50(40)52-45(42)30-44(43)51-49(47)33-17-5-2-6-18-33)48-38-22-11-9-20-36(38)46(37-21-10-12-23-39(37)48)35-27-26-31-14-7-8-19-34(31)28-35/h1-30H. The second kappa shape index (κ2) is 11.5. The Labute approximate surface area is 304 Å². The van der Waals surface area contributed by atoms with Crippen LogP contribution in [0.3, 0.4) is 0 Å². The third kappa shape index (κ3) is 4.41. The molecule has 0 saturated carbocycles. The highest BCUT2D eigenvalue weighted by molar-refractivity contribution is 7.26. The molecule has 0 radical (unpaired) electrons. The van der Waals surface area contributed by atoms with E-state index in [0.717, 1.165) is 33.4 Å². The van der Waals surface area contributed by atoms with Crippen molar-refractivity contribution < 1.29 is 4.42 Å². The average molecular weight is 679 g/mol. The number of hydrogen-bond acceptors (Lipinski definition) is 2. The van der Waals surface area contributed by atoms with Crippen LogP contribution in [0.25, 0.3) is 108 Å².